The molecule has 3 heterocycles. The van der Waals surface area contributed by atoms with Crippen LogP contribution >= 0.6 is 11.8 Å². The van der Waals surface area contributed by atoms with Gasteiger partial charge < -0.3 is 83.0 Å². The Hall–Kier alpha value is -5.44. The number of aromatic hydroxyl groups is 1. The van der Waals surface area contributed by atoms with Gasteiger partial charge in [0.15, 0.2) is 0 Å². The second-order valence-corrected chi connectivity index (χ2v) is 23.1. The molecule has 7 amide bonds. The summed E-state index contributed by atoms with van der Waals surface area (Å²) in [5, 5.41) is 101. The van der Waals surface area contributed by atoms with Crippen LogP contribution < -0.4 is 32.3 Å². The van der Waals surface area contributed by atoms with E-state index >= 15 is 0 Å². The molecular weight excluding hydrogens is 1060 g/mol. The minimum atomic E-state index is -2.28. The minimum absolute atomic E-state index is 0.0185. The van der Waals surface area contributed by atoms with E-state index in [-0.39, 0.29) is 43.7 Å². The van der Waals surface area contributed by atoms with Crippen LogP contribution in [0.5, 0.6) is 5.75 Å². The summed E-state index contributed by atoms with van der Waals surface area (Å²) in [4.78, 5) is 104. The summed E-state index contributed by atoms with van der Waals surface area (Å²) in [6.07, 6.45) is -5.32. The number of thioether (sulfide) groups is 1. The van der Waals surface area contributed by atoms with Crippen molar-refractivity contribution in [1.82, 2.24) is 36.4 Å². The maximum absolute atomic E-state index is 14.7. The van der Waals surface area contributed by atoms with Gasteiger partial charge in [0.1, 0.15) is 59.6 Å². The Labute approximate surface area is 472 Å². The Kier molecular flexibility index (Phi) is 25.9. The second kappa shape index (κ2) is 31.7. The van der Waals surface area contributed by atoms with E-state index in [1.54, 1.807) is 30.3 Å². The van der Waals surface area contributed by atoms with Crippen molar-refractivity contribution >= 4 is 53.1 Å². The predicted octanol–water partition coefficient (Wildman–Crippen LogP) is -0.0679. The third-order valence-electron chi connectivity index (χ3n) is 15.3. The first-order valence-electron chi connectivity index (χ1n) is 28.1. The largest absolute Gasteiger partial charge is 0.508 e. The maximum atomic E-state index is 14.7. The molecular formula is C56H86N8O15S. The van der Waals surface area contributed by atoms with E-state index in [0.29, 0.717) is 29.6 Å². The van der Waals surface area contributed by atoms with Gasteiger partial charge in [0.25, 0.3) is 0 Å². The summed E-state index contributed by atoms with van der Waals surface area (Å²) >= 11 is 0.936. The van der Waals surface area contributed by atoms with E-state index in [2.05, 4.69) is 47.4 Å². The van der Waals surface area contributed by atoms with Crippen LogP contribution in [0.3, 0.4) is 0 Å². The van der Waals surface area contributed by atoms with Crippen molar-refractivity contribution in [1.29, 1.82) is 0 Å². The van der Waals surface area contributed by atoms with E-state index < -0.39 is 145 Å². The highest BCUT2D eigenvalue weighted by molar-refractivity contribution is 8.00. The molecule has 80 heavy (non-hydrogen) atoms. The zero-order valence-corrected chi connectivity index (χ0v) is 47.1. The predicted molar refractivity (Wildman–Crippen MR) is 295 cm³/mol. The van der Waals surface area contributed by atoms with Gasteiger partial charge in [-0.15, -0.1) is 0 Å². The van der Waals surface area contributed by atoms with Crippen molar-refractivity contribution in [3.63, 3.8) is 0 Å². The Bertz CT molecular complexity index is 2340. The number of carbonyl (C=O) groups excluding carboxylic acids is 7. The van der Waals surface area contributed by atoms with Gasteiger partial charge in [0.2, 0.25) is 41.4 Å². The Morgan fingerprint density at radius 3 is 1.99 bits per heavy atom. The van der Waals surface area contributed by atoms with Crippen molar-refractivity contribution in [3.05, 3.63) is 60.2 Å². The van der Waals surface area contributed by atoms with Crippen LogP contribution in [-0.4, -0.2) is 190 Å². The number of nitrogens with two attached hydrogens (primary N) is 1. The zero-order chi connectivity index (χ0) is 58.8. The average molecular weight is 1140 g/mol. The van der Waals surface area contributed by atoms with E-state index in [0.717, 1.165) is 60.1 Å². The van der Waals surface area contributed by atoms with Gasteiger partial charge in [-0.2, -0.15) is 0 Å². The number of nitrogens with zero attached hydrogens (tertiary/aromatic N) is 2. The number of amides is 7. The molecule has 15 N–H and O–H groups in total. The van der Waals surface area contributed by atoms with Crippen LogP contribution in [0.2, 0.25) is 0 Å². The van der Waals surface area contributed by atoms with Crippen LogP contribution in [0, 0.1) is 11.8 Å². The molecule has 3 aliphatic rings. The summed E-state index contributed by atoms with van der Waals surface area (Å²) in [6.45, 7) is 6.85. The van der Waals surface area contributed by atoms with Crippen molar-refractivity contribution < 1.29 is 74.4 Å². The van der Waals surface area contributed by atoms with Gasteiger partial charge >= 0.3 is 0 Å². The van der Waals surface area contributed by atoms with Crippen LogP contribution in [0.25, 0.3) is 0 Å². The number of unbranched alkanes of at least 4 members (excludes halogenated alkanes) is 5. The number of carbonyl (C=O) groups is 7. The molecule has 0 radical (unpaired) electrons. The zero-order valence-electron chi connectivity index (χ0n) is 46.3. The molecule has 24 heteroatoms. The third kappa shape index (κ3) is 18.5. The quantitative estimate of drug-likeness (QED) is 0.0687. The van der Waals surface area contributed by atoms with Crippen LogP contribution in [0.4, 0.5) is 0 Å². The molecule has 3 aliphatic heterocycles. The smallest absolute Gasteiger partial charge is 0.248 e. The van der Waals surface area contributed by atoms with E-state index in [4.69, 9.17) is 5.73 Å². The number of benzene rings is 2. The summed E-state index contributed by atoms with van der Waals surface area (Å²) in [5.74, 6) is -6.32. The monoisotopic (exact) mass is 1140 g/mol. The highest BCUT2D eigenvalue weighted by atomic mass is 32.2. The number of fused-ring (bicyclic) bond motifs is 2. The molecule has 3 saturated heterocycles. The lowest BCUT2D eigenvalue weighted by Crippen LogP contribution is -2.64. The highest BCUT2D eigenvalue weighted by Gasteiger charge is 2.49. The number of hydrogen-bond donors (Lipinski definition) is 14. The number of hydrogen-bond acceptors (Lipinski definition) is 17. The lowest BCUT2D eigenvalue weighted by atomic mass is 9.91. The second-order valence-electron chi connectivity index (χ2n) is 21.9. The lowest BCUT2D eigenvalue weighted by molar-refractivity contribution is -0.148. The number of aliphatic hydroxyl groups is 7. The molecule has 23 nitrogen and oxygen atoms in total. The lowest BCUT2D eigenvalue weighted by Gasteiger charge is -2.35. The molecule has 0 unspecified atom stereocenters. The SMILES string of the molecule is CC[C@H](C)C[C@H](C)CCCCCCCCC(=O)N[C@H]1C[C@@H](O)[C@@H](Sc2ccccc2)NC(=O)[C@@H]2[C@@H](O)CCN2C(=O)[C@H]([C@H](O)CCN)NC(=O)[C@H]([C@H](O)[C@@H](O)c2ccc(O)cc2)NC(=O)[C@@H]2C[C@@H](O)CN2C(=O)[C@H]([C@@H](C)O)NC1=O. The summed E-state index contributed by atoms with van der Waals surface area (Å²) in [7, 11) is 0. The molecule has 0 saturated carbocycles. The summed E-state index contributed by atoms with van der Waals surface area (Å²) < 4.78 is 0. The van der Waals surface area contributed by atoms with E-state index in [9.17, 15) is 74.4 Å². The Morgan fingerprint density at radius 1 is 0.713 bits per heavy atom. The number of nitrogens with one attached hydrogen (secondary N) is 5. The molecule has 0 aliphatic carbocycles. The van der Waals surface area contributed by atoms with E-state index in [1.807, 2.05) is 0 Å². The first-order valence-corrected chi connectivity index (χ1v) is 29.0. The summed E-state index contributed by atoms with van der Waals surface area (Å²) in [6, 6.07) is 2.11. The number of phenols is 1. The van der Waals surface area contributed by atoms with Crippen molar-refractivity contribution in [2.24, 2.45) is 17.6 Å². The standard InChI is InChI=1S/C56H86N8O15S/c1-5-31(2)27-32(3)15-11-8-6-7-9-14-18-43(71)58-38-29-42(70)54(80-37-16-12-10-13-17-37)62-53(77)47-41(69)24-26-63(47)56(79)45(40(68)23-25-57)60-52(76)46(49(73)48(72)34-19-21-35(66)22-20-34)61-51(75)39-28-36(67)30-64(39)55(78)44(33(4)65)59-50(38)74/h10,12-13,16-17,19-22,31-33,36,38-42,44-49,54,65-70,72-73H,5-9,11,14-15,18,23-30,57H2,1-4H3,(H,58,71)(H,59,74)(H,60,76)(H,61,75)(H,62,77)/t31-,32+,33+,36+,38-,39-,40+,41-,42+,44-,45-,46-,47-,48-,49-,54+/m0/s1. The van der Waals surface area contributed by atoms with Crippen molar-refractivity contribution in [2.75, 3.05) is 19.6 Å². The highest BCUT2D eigenvalue weighted by Crippen LogP contribution is 2.30. The van der Waals surface area contributed by atoms with Crippen LogP contribution in [0.1, 0.15) is 129 Å². The normalized spacial score (nSPS) is 27.9. The fourth-order valence-electron chi connectivity index (χ4n) is 10.6. The van der Waals surface area contributed by atoms with Gasteiger partial charge in [-0.05, 0) is 80.8 Å². The first kappa shape index (κ1) is 65.4. The Morgan fingerprint density at radius 2 is 1.34 bits per heavy atom. The van der Waals surface area contributed by atoms with Gasteiger partial charge in [-0.25, -0.2) is 0 Å². The third-order valence-corrected chi connectivity index (χ3v) is 16.6. The number of rotatable bonds is 22. The van der Waals surface area contributed by atoms with Gasteiger partial charge in [0.05, 0.1) is 30.5 Å². The molecule has 3 fully saturated rings. The molecule has 16 atom stereocenters. The van der Waals surface area contributed by atoms with Crippen LogP contribution in [0.15, 0.2) is 59.5 Å². The maximum Gasteiger partial charge on any atom is 0.248 e. The molecule has 0 bridgehead atoms. The topological polar surface area (TPSA) is 374 Å². The van der Waals surface area contributed by atoms with Crippen molar-refractivity contribution in [3.8, 4) is 5.75 Å². The van der Waals surface area contributed by atoms with Crippen molar-refractivity contribution in [2.45, 2.75) is 207 Å². The fraction of sp³-hybridized carbons (Fsp3) is 0.661. The molecule has 446 valence electrons. The average Bonchev–Trinajstić information content (AvgIpc) is 4.03. The molecule has 2 aromatic carbocycles. The fourth-order valence-corrected chi connectivity index (χ4v) is 11.6. The van der Waals surface area contributed by atoms with Crippen LogP contribution in [-0.2, 0) is 33.6 Å². The van der Waals surface area contributed by atoms with Gasteiger partial charge in [-0.3, -0.25) is 33.6 Å². The Balaban J connectivity index is 1.52. The molecule has 0 aromatic heterocycles. The number of aliphatic hydroxyl groups excluding tert-OH is 7. The van der Waals surface area contributed by atoms with Gasteiger partial charge in [0, 0.05) is 37.2 Å². The molecule has 0 spiro atoms. The van der Waals surface area contributed by atoms with E-state index in [1.165, 1.54) is 37.6 Å². The minimum Gasteiger partial charge on any atom is -0.508 e. The molecule has 5 rings (SSSR count). The first-order chi connectivity index (χ1) is 38.0. The molecule has 2 aromatic rings. The summed E-state index contributed by atoms with van der Waals surface area (Å²) in [5.41, 5.74) is 5.73. The number of phenolic OH excluding ortho intramolecular Hbond substituents is 1. The van der Waals surface area contributed by atoms with Gasteiger partial charge in [-0.1, -0.05) is 108 Å².